The lowest BCUT2D eigenvalue weighted by atomic mass is 9.98. The molecule has 1 aliphatic rings. The summed E-state index contributed by atoms with van der Waals surface area (Å²) in [6.07, 6.45) is 2.78. The van der Waals surface area contributed by atoms with Crippen LogP contribution in [-0.2, 0) is 27.6 Å². The number of thiazole rings is 1. The smallest absolute Gasteiger partial charge is 0.240 e. The fourth-order valence-corrected chi connectivity index (χ4v) is 6.34. The number of rotatable bonds is 6. The van der Waals surface area contributed by atoms with Crippen molar-refractivity contribution in [3.8, 4) is 11.1 Å². The first kappa shape index (κ1) is 26.1. The van der Waals surface area contributed by atoms with Gasteiger partial charge in [-0.2, -0.15) is 0 Å². The summed E-state index contributed by atoms with van der Waals surface area (Å²) in [5, 5.41) is 18.5. The molecule has 1 atom stereocenters. The maximum atomic E-state index is 12.4. The van der Waals surface area contributed by atoms with Crippen LogP contribution in [0.15, 0.2) is 45.2 Å². The lowest BCUT2D eigenvalue weighted by Crippen LogP contribution is -2.28. The molecule has 0 radical (unpaired) electrons. The number of aromatic nitrogens is 1. The van der Waals surface area contributed by atoms with Crippen molar-refractivity contribution in [2.45, 2.75) is 29.2 Å². The lowest BCUT2D eigenvalue weighted by Gasteiger charge is -2.16. The number of amidine groups is 1. The highest BCUT2D eigenvalue weighted by molar-refractivity contribution is 7.90. The number of benzene rings is 2. The second-order valence-corrected chi connectivity index (χ2v) is 10.9. The van der Waals surface area contributed by atoms with Gasteiger partial charge in [0.1, 0.15) is 20.9 Å². The number of para-hydroxylation sites is 1. The minimum absolute atomic E-state index is 0.0865. The number of hydrazine groups is 1. The van der Waals surface area contributed by atoms with Crippen LogP contribution >= 0.6 is 11.3 Å². The maximum absolute atomic E-state index is 12.4. The van der Waals surface area contributed by atoms with E-state index < -0.39 is 25.9 Å². The summed E-state index contributed by atoms with van der Waals surface area (Å²) >= 11 is 1.41. The van der Waals surface area contributed by atoms with Gasteiger partial charge < -0.3 is 16.8 Å². The number of hydrazone groups is 1. The number of fused-ring (bicyclic) bond motifs is 1. The van der Waals surface area contributed by atoms with Gasteiger partial charge >= 0.3 is 0 Å². The highest BCUT2D eigenvalue weighted by atomic mass is 32.2. The standard InChI is InChI=1S/C15H18N8O3S3.C4H9N/c16-6-11-21-13-8(2-1-3-9(13)27-11)7-4-5-10(28(19)24)14(29(20,25)26)12(7)15(17)22-23-18;1-2-4-5-3-1/h1-5,23H,6,16,18-19H2,(H2,17,22)(H2,20,25,26);5H,1-4H2. The van der Waals surface area contributed by atoms with E-state index in [1.807, 2.05) is 11.6 Å². The number of nitrogens with one attached hydrogen (secondary N) is 2. The van der Waals surface area contributed by atoms with Crippen LogP contribution in [0.2, 0.25) is 0 Å². The van der Waals surface area contributed by atoms with Crippen LogP contribution in [0.25, 0.3) is 21.3 Å². The van der Waals surface area contributed by atoms with Gasteiger partial charge in [0.2, 0.25) is 10.0 Å². The molecule has 0 aliphatic carbocycles. The molecule has 1 unspecified atom stereocenters. The number of sulfonamides is 1. The molecule has 0 bridgehead atoms. The Hall–Kier alpha value is -2.50. The van der Waals surface area contributed by atoms with E-state index in [0.717, 1.165) is 4.70 Å². The Morgan fingerprint density at radius 1 is 1.21 bits per heavy atom. The predicted octanol–water partition coefficient (Wildman–Crippen LogP) is -0.496. The van der Waals surface area contributed by atoms with Gasteiger partial charge in [-0.05, 0) is 43.6 Å². The van der Waals surface area contributed by atoms with E-state index in [-0.39, 0.29) is 22.8 Å². The zero-order valence-corrected chi connectivity index (χ0v) is 20.6. The molecule has 34 heavy (non-hydrogen) atoms. The molecule has 1 aliphatic heterocycles. The van der Waals surface area contributed by atoms with Crippen LogP contribution in [0.3, 0.4) is 0 Å². The Morgan fingerprint density at radius 3 is 2.44 bits per heavy atom. The van der Waals surface area contributed by atoms with Gasteiger partial charge in [0.15, 0.2) is 5.84 Å². The summed E-state index contributed by atoms with van der Waals surface area (Å²) < 4.78 is 37.6. The van der Waals surface area contributed by atoms with Gasteiger partial charge in [-0.15, -0.1) is 16.4 Å². The van der Waals surface area contributed by atoms with Crippen LogP contribution in [0.4, 0.5) is 0 Å². The second-order valence-electron chi connectivity index (χ2n) is 7.21. The fourth-order valence-electron chi connectivity index (χ4n) is 3.53. The molecule has 1 saturated heterocycles. The number of hydrogen-bond donors (Lipinski definition) is 7. The Morgan fingerprint density at radius 2 is 1.91 bits per heavy atom. The van der Waals surface area contributed by atoms with Crippen molar-refractivity contribution in [2.75, 3.05) is 13.1 Å². The first-order valence-corrected chi connectivity index (χ1v) is 13.7. The molecule has 2 aromatic carbocycles. The molecule has 0 spiro atoms. The third-order valence-electron chi connectivity index (χ3n) is 4.95. The van der Waals surface area contributed by atoms with Crippen LogP contribution in [0.5, 0.6) is 0 Å². The summed E-state index contributed by atoms with van der Waals surface area (Å²) in [5.41, 5.74) is 15.1. The van der Waals surface area contributed by atoms with Gasteiger partial charge in [0.25, 0.3) is 0 Å². The van der Waals surface area contributed by atoms with Gasteiger partial charge in [0, 0.05) is 17.7 Å². The zero-order chi connectivity index (χ0) is 24.9. The molecular weight excluding hydrogens is 498 g/mol. The molecule has 15 heteroatoms. The Bertz CT molecular complexity index is 1330. The van der Waals surface area contributed by atoms with E-state index in [1.54, 1.807) is 12.1 Å². The molecule has 184 valence electrons. The molecule has 12 nitrogen and oxygen atoms in total. The van der Waals surface area contributed by atoms with Crippen molar-refractivity contribution >= 4 is 48.4 Å². The van der Waals surface area contributed by atoms with Crippen molar-refractivity contribution in [3.05, 3.63) is 40.9 Å². The second kappa shape index (κ2) is 11.3. The molecule has 1 fully saturated rings. The number of nitrogens with zero attached hydrogens (tertiary/aromatic N) is 2. The highest BCUT2D eigenvalue weighted by Gasteiger charge is 2.28. The van der Waals surface area contributed by atoms with Crippen LogP contribution < -0.4 is 38.4 Å². The average Bonchev–Trinajstić information content (AvgIpc) is 3.50. The summed E-state index contributed by atoms with van der Waals surface area (Å²) in [6.45, 7) is 2.75. The van der Waals surface area contributed by atoms with Gasteiger partial charge in [0.05, 0.1) is 15.1 Å². The summed E-state index contributed by atoms with van der Waals surface area (Å²) in [6, 6.07) is 8.21. The van der Waals surface area contributed by atoms with E-state index in [2.05, 4.69) is 15.4 Å². The summed E-state index contributed by atoms with van der Waals surface area (Å²) in [4.78, 5) is 3.80. The van der Waals surface area contributed by atoms with Crippen molar-refractivity contribution < 1.29 is 12.6 Å². The largest absolute Gasteiger partial charge is 0.382 e. The van der Waals surface area contributed by atoms with E-state index in [0.29, 0.717) is 21.7 Å². The van der Waals surface area contributed by atoms with Crippen molar-refractivity contribution in [2.24, 2.45) is 32.7 Å². The maximum Gasteiger partial charge on any atom is 0.240 e. The zero-order valence-electron chi connectivity index (χ0n) is 18.2. The molecular formula is C19H27N9O3S3. The van der Waals surface area contributed by atoms with E-state index in [9.17, 15) is 12.6 Å². The van der Waals surface area contributed by atoms with Crippen molar-refractivity contribution in [1.82, 2.24) is 15.8 Å². The Balaban J connectivity index is 0.000000574. The van der Waals surface area contributed by atoms with E-state index in [1.165, 1.54) is 49.4 Å². The van der Waals surface area contributed by atoms with Gasteiger partial charge in [-0.25, -0.2) is 39.3 Å². The van der Waals surface area contributed by atoms with Crippen LogP contribution in [0, 0.1) is 0 Å². The molecule has 1 aromatic heterocycles. The molecule has 12 N–H and O–H groups in total. The SMILES string of the molecule is C1CCNC1.NCc1nc2c(-c3ccc(S(N)=O)c(S(N)(=O)=O)c3/C(N)=N/NN)cccc2s1. The Kier molecular flexibility index (Phi) is 8.67. The molecule has 2 heterocycles. The molecule has 0 amide bonds. The fraction of sp³-hybridized carbons (Fsp3) is 0.263. The number of hydrogen-bond acceptors (Lipinski definition) is 10. The minimum atomic E-state index is -4.40. The van der Waals surface area contributed by atoms with Gasteiger partial charge in [-0.3, -0.25) is 0 Å². The molecule has 0 saturated carbocycles. The van der Waals surface area contributed by atoms with Crippen molar-refractivity contribution in [3.63, 3.8) is 0 Å². The van der Waals surface area contributed by atoms with E-state index in [4.69, 9.17) is 27.6 Å². The average molecular weight is 526 g/mol. The van der Waals surface area contributed by atoms with Crippen LogP contribution in [-0.4, -0.2) is 36.5 Å². The molecule has 4 rings (SSSR count). The summed E-state index contributed by atoms with van der Waals surface area (Å²) in [7, 11) is -6.55. The minimum Gasteiger partial charge on any atom is -0.382 e. The van der Waals surface area contributed by atoms with Gasteiger partial charge in [-0.1, -0.05) is 18.2 Å². The highest BCUT2D eigenvalue weighted by Crippen LogP contribution is 2.37. The third kappa shape index (κ3) is 5.76. The molecule has 3 aromatic rings. The monoisotopic (exact) mass is 525 g/mol. The normalized spacial score (nSPS) is 15.1. The van der Waals surface area contributed by atoms with Crippen LogP contribution in [0.1, 0.15) is 23.4 Å². The first-order chi connectivity index (χ1) is 16.2. The lowest BCUT2D eigenvalue weighted by molar-refractivity contribution is 0.594. The quantitative estimate of drug-likeness (QED) is 0.0950. The van der Waals surface area contributed by atoms with E-state index >= 15 is 0 Å². The topological polar surface area (TPSA) is 231 Å². The first-order valence-electron chi connectivity index (χ1n) is 10.1. The van der Waals surface area contributed by atoms with Crippen molar-refractivity contribution in [1.29, 1.82) is 0 Å². The predicted molar refractivity (Wildman–Crippen MR) is 135 cm³/mol. The third-order valence-corrected chi connectivity index (χ3v) is 7.89. The number of nitrogens with two attached hydrogens (primary N) is 5. The number of primary sulfonamides is 1. The Labute approximate surface area is 203 Å². The summed E-state index contributed by atoms with van der Waals surface area (Å²) in [5.74, 6) is 4.93.